The van der Waals surface area contributed by atoms with Gasteiger partial charge in [-0.25, -0.2) is 4.79 Å². The number of hydrogen-bond donors (Lipinski definition) is 3. The highest BCUT2D eigenvalue weighted by Crippen LogP contribution is 2.11. The van der Waals surface area contributed by atoms with Crippen molar-refractivity contribution in [1.82, 2.24) is 5.32 Å². The van der Waals surface area contributed by atoms with Crippen LogP contribution in [-0.4, -0.2) is 23.5 Å². The van der Waals surface area contributed by atoms with Gasteiger partial charge in [-0.2, -0.15) is 0 Å². The van der Waals surface area contributed by atoms with Gasteiger partial charge in [0, 0.05) is 31.1 Å². The van der Waals surface area contributed by atoms with E-state index < -0.39 is 5.97 Å². The average molecular weight is 246 g/mol. The summed E-state index contributed by atoms with van der Waals surface area (Å²) in [6.07, 6.45) is 0.497. The van der Waals surface area contributed by atoms with E-state index in [0.29, 0.717) is 24.2 Å². The molecule has 0 aliphatic heterocycles. The maximum Gasteiger partial charge on any atom is 0.335 e. The van der Waals surface area contributed by atoms with Gasteiger partial charge in [0.05, 0.1) is 5.56 Å². The van der Waals surface area contributed by atoms with Gasteiger partial charge in [-0.1, -0.05) is 11.8 Å². The second-order valence-corrected chi connectivity index (χ2v) is 3.68. The van der Waals surface area contributed by atoms with Crippen LogP contribution in [0.4, 0.5) is 5.69 Å². The van der Waals surface area contributed by atoms with Crippen LogP contribution < -0.4 is 11.1 Å². The highest BCUT2D eigenvalue weighted by atomic mass is 16.4. The SMILES string of the molecule is CC(=O)NCCC#Cc1cc(N)cc(C(=O)O)c1. The van der Waals surface area contributed by atoms with E-state index in [2.05, 4.69) is 17.2 Å². The first-order valence-electron chi connectivity index (χ1n) is 5.36. The lowest BCUT2D eigenvalue weighted by atomic mass is 10.1. The standard InChI is InChI=1S/C13H14N2O3/c1-9(16)15-5-3-2-4-10-6-11(13(17)18)8-12(14)7-10/h6-8H,3,5,14H2,1H3,(H,15,16)(H,17,18). The zero-order valence-corrected chi connectivity index (χ0v) is 9.99. The van der Waals surface area contributed by atoms with Crippen LogP contribution in [0.2, 0.25) is 0 Å². The fourth-order valence-electron chi connectivity index (χ4n) is 1.31. The van der Waals surface area contributed by atoms with Crippen LogP contribution in [0, 0.1) is 11.8 Å². The van der Waals surface area contributed by atoms with Gasteiger partial charge < -0.3 is 16.2 Å². The van der Waals surface area contributed by atoms with Crippen LogP contribution >= 0.6 is 0 Å². The molecule has 0 aliphatic rings. The van der Waals surface area contributed by atoms with Gasteiger partial charge in [0.1, 0.15) is 0 Å². The molecule has 0 atom stereocenters. The molecule has 18 heavy (non-hydrogen) atoms. The van der Waals surface area contributed by atoms with Crippen molar-refractivity contribution in [2.24, 2.45) is 0 Å². The number of nitrogens with two attached hydrogens (primary N) is 1. The molecular weight excluding hydrogens is 232 g/mol. The summed E-state index contributed by atoms with van der Waals surface area (Å²) >= 11 is 0. The van der Waals surface area contributed by atoms with Gasteiger partial charge in [-0.3, -0.25) is 4.79 Å². The van der Waals surface area contributed by atoms with Crippen molar-refractivity contribution in [3.05, 3.63) is 29.3 Å². The van der Waals surface area contributed by atoms with Crippen LogP contribution in [0.5, 0.6) is 0 Å². The smallest absolute Gasteiger partial charge is 0.335 e. The summed E-state index contributed by atoms with van der Waals surface area (Å²) in [6.45, 7) is 1.90. The average Bonchev–Trinajstić information content (AvgIpc) is 2.27. The van der Waals surface area contributed by atoms with E-state index in [1.807, 2.05) is 0 Å². The number of benzene rings is 1. The van der Waals surface area contributed by atoms with E-state index in [1.54, 1.807) is 6.07 Å². The maximum absolute atomic E-state index is 10.8. The predicted octanol–water partition coefficient (Wildman–Crippen LogP) is 0.845. The zero-order chi connectivity index (χ0) is 13.5. The Morgan fingerprint density at radius 2 is 2.11 bits per heavy atom. The molecule has 1 aromatic carbocycles. The first kappa shape index (κ1) is 13.6. The molecule has 0 fully saturated rings. The van der Waals surface area contributed by atoms with E-state index in [9.17, 15) is 9.59 Å². The Kier molecular flexibility index (Phi) is 4.76. The Bertz CT molecular complexity index is 527. The number of amides is 1. The molecule has 0 bridgehead atoms. The van der Waals surface area contributed by atoms with Crippen molar-refractivity contribution < 1.29 is 14.7 Å². The fraction of sp³-hybridized carbons (Fsp3) is 0.231. The van der Waals surface area contributed by atoms with Crippen molar-refractivity contribution in [1.29, 1.82) is 0 Å². The molecule has 1 rings (SSSR count). The monoisotopic (exact) mass is 246 g/mol. The number of carboxylic acid groups (broad SMARTS) is 1. The highest BCUT2D eigenvalue weighted by molar-refractivity contribution is 5.89. The molecule has 0 radical (unpaired) electrons. The molecule has 1 amide bonds. The Labute approximate surface area is 105 Å². The minimum Gasteiger partial charge on any atom is -0.478 e. The quantitative estimate of drug-likeness (QED) is 0.418. The van der Waals surface area contributed by atoms with Crippen LogP contribution in [-0.2, 0) is 4.79 Å². The van der Waals surface area contributed by atoms with Crippen molar-refractivity contribution in [2.45, 2.75) is 13.3 Å². The van der Waals surface area contributed by atoms with Crippen LogP contribution in [0.15, 0.2) is 18.2 Å². The van der Waals surface area contributed by atoms with Crippen LogP contribution in [0.3, 0.4) is 0 Å². The Morgan fingerprint density at radius 1 is 1.39 bits per heavy atom. The van der Waals surface area contributed by atoms with Crippen LogP contribution in [0.1, 0.15) is 29.3 Å². The number of rotatable bonds is 3. The molecule has 0 spiro atoms. The van der Waals surface area contributed by atoms with Crippen LogP contribution in [0.25, 0.3) is 0 Å². The van der Waals surface area contributed by atoms with E-state index in [1.165, 1.54) is 19.1 Å². The lowest BCUT2D eigenvalue weighted by molar-refractivity contribution is -0.118. The first-order chi connectivity index (χ1) is 8.49. The topological polar surface area (TPSA) is 92.4 Å². The van der Waals surface area contributed by atoms with Gasteiger partial charge in [-0.05, 0) is 18.2 Å². The predicted molar refractivity (Wildman–Crippen MR) is 68.0 cm³/mol. The highest BCUT2D eigenvalue weighted by Gasteiger charge is 2.04. The van der Waals surface area contributed by atoms with E-state index >= 15 is 0 Å². The largest absolute Gasteiger partial charge is 0.478 e. The summed E-state index contributed by atoms with van der Waals surface area (Å²) in [5.41, 5.74) is 6.60. The number of anilines is 1. The minimum atomic E-state index is -1.04. The van der Waals surface area contributed by atoms with Gasteiger partial charge in [0.2, 0.25) is 5.91 Å². The summed E-state index contributed by atoms with van der Waals surface area (Å²) in [5.74, 6) is 4.51. The molecule has 1 aromatic rings. The number of carbonyl (C=O) groups excluding carboxylic acids is 1. The van der Waals surface area contributed by atoms with Crippen molar-refractivity contribution >= 4 is 17.6 Å². The number of carboxylic acids is 1. The second-order valence-electron chi connectivity index (χ2n) is 3.68. The van der Waals surface area contributed by atoms with E-state index in [0.717, 1.165) is 0 Å². The summed E-state index contributed by atoms with van der Waals surface area (Å²) in [5, 5.41) is 11.5. The summed E-state index contributed by atoms with van der Waals surface area (Å²) in [6, 6.07) is 4.45. The molecule has 0 aromatic heterocycles. The maximum atomic E-state index is 10.8. The molecule has 4 N–H and O–H groups in total. The minimum absolute atomic E-state index is 0.103. The molecule has 94 valence electrons. The number of nitrogen functional groups attached to an aromatic ring is 1. The fourth-order valence-corrected chi connectivity index (χ4v) is 1.31. The van der Waals surface area contributed by atoms with Crippen molar-refractivity contribution in [3.8, 4) is 11.8 Å². The Balaban J connectivity index is 2.70. The third-order valence-electron chi connectivity index (χ3n) is 2.06. The lowest BCUT2D eigenvalue weighted by Gasteiger charge is -1.99. The number of hydrogen-bond acceptors (Lipinski definition) is 3. The molecule has 0 aliphatic carbocycles. The summed E-state index contributed by atoms with van der Waals surface area (Å²) < 4.78 is 0. The lowest BCUT2D eigenvalue weighted by Crippen LogP contribution is -2.20. The third kappa shape index (κ3) is 4.58. The number of aromatic carboxylic acids is 1. The van der Waals surface area contributed by atoms with Gasteiger partial charge in [0.25, 0.3) is 0 Å². The Morgan fingerprint density at radius 3 is 2.72 bits per heavy atom. The van der Waals surface area contributed by atoms with Gasteiger partial charge in [0.15, 0.2) is 0 Å². The first-order valence-corrected chi connectivity index (χ1v) is 5.36. The molecule has 5 nitrogen and oxygen atoms in total. The molecule has 0 unspecified atom stereocenters. The number of nitrogens with one attached hydrogen (secondary N) is 1. The summed E-state index contributed by atoms with van der Waals surface area (Å²) in [4.78, 5) is 21.4. The van der Waals surface area contributed by atoms with E-state index in [4.69, 9.17) is 10.8 Å². The number of carbonyl (C=O) groups is 2. The van der Waals surface area contributed by atoms with E-state index in [-0.39, 0.29) is 11.5 Å². The van der Waals surface area contributed by atoms with Gasteiger partial charge >= 0.3 is 5.97 Å². The molecule has 0 saturated carbocycles. The second kappa shape index (κ2) is 6.30. The molecule has 0 saturated heterocycles. The molecule has 0 heterocycles. The van der Waals surface area contributed by atoms with Crippen molar-refractivity contribution in [3.63, 3.8) is 0 Å². The zero-order valence-electron chi connectivity index (χ0n) is 9.99. The Hall–Kier alpha value is -2.48. The third-order valence-corrected chi connectivity index (χ3v) is 2.06. The normalized spacial score (nSPS) is 9.17. The summed E-state index contributed by atoms with van der Waals surface area (Å²) in [7, 11) is 0. The van der Waals surface area contributed by atoms with Crippen molar-refractivity contribution in [2.75, 3.05) is 12.3 Å². The molecular formula is C13H14N2O3. The molecule has 5 heteroatoms. The van der Waals surface area contributed by atoms with Gasteiger partial charge in [-0.15, -0.1) is 0 Å².